The van der Waals surface area contributed by atoms with Gasteiger partial charge < -0.3 is 9.80 Å². The van der Waals surface area contributed by atoms with E-state index in [2.05, 4.69) is 12.1 Å². The largest absolute Gasteiger partial charge is 0.362 e. The Hall–Kier alpha value is -2.02. The zero-order valence-corrected chi connectivity index (χ0v) is 11.9. The molecule has 0 saturated carbocycles. The third-order valence-electron chi connectivity index (χ3n) is 3.06. The molecule has 4 nitrogen and oxygen atoms in total. The highest BCUT2D eigenvalue weighted by Crippen LogP contribution is 2.15. The standard InChI is InChI=1S/C15H21N3O/c1-4-18(14-8-5-7-13(2)11-14)12-15(19)17(3)10-6-9-16/h5,7-8,11H,4,6,10,12H2,1-3H3. The van der Waals surface area contributed by atoms with E-state index in [1.54, 1.807) is 11.9 Å². The molecule has 0 unspecified atom stereocenters. The van der Waals surface area contributed by atoms with Crippen molar-refractivity contribution in [2.75, 3.05) is 31.6 Å². The predicted molar refractivity (Wildman–Crippen MR) is 76.9 cm³/mol. The zero-order valence-electron chi connectivity index (χ0n) is 11.9. The van der Waals surface area contributed by atoms with Crippen molar-refractivity contribution >= 4 is 11.6 Å². The monoisotopic (exact) mass is 259 g/mol. The van der Waals surface area contributed by atoms with Gasteiger partial charge in [0.25, 0.3) is 0 Å². The smallest absolute Gasteiger partial charge is 0.241 e. The Morgan fingerprint density at radius 1 is 1.42 bits per heavy atom. The number of hydrogen-bond acceptors (Lipinski definition) is 3. The lowest BCUT2D eigenvalue weighted by Crippen LogP contribution is -2.38. The molecule has 102 valence electrons. The molecule has 0 aliphatic rings. The van der Waals surface area contributed by atoms with Gasteiger partial charge in [-0.3, -0.25) is 4.79 Å². The van der Waals surface area contributed by atoms with Gasteiger partial charge in [0.1, 0.15) is 0 Å². The molecule has 0 N–H and O–H groups in total. The van der Waals surface area contributed by atoms with Crippen LogP contribution < -0.4 is 4.90 Å². The van der Waals surface area contributed by atoms with Crippen LogP contribution in [0.5, 0.6) is 0 Å². The summed E-state index contributed by atoms with van der Waals surface area (Å²) in [5, 5.41) is 8.54. The van der Waals surface area contributed by atoms with E-state index >= 15 is 0 Å². The van der Waals surface area contributed by atoms with E-state index in [4.69, 9.17) is 5.26 Å². The topological polar surface area (TPSA) is 47.3 Å². The lowest BCUT2D eigenvalue weighted by atomic mass is 10.2. The van der Waals surface area contributed by atoms with Crippen molar-refractivity contribution in [3.63, 3.8) is 0 Å². The number of hydrogen-bond donors (Lipinski definition) is 0. The SMILES string of the molecule is CCN(CC(=O)N(C)CCC#N)c1cccc(C)c1. The molecule has 0 spiro atoms. The van der Waals surface area contributed by atoms with Crippen LogP contribution in [0.25, 0.3) is 0 Å². The summed E-state index contributed by atoms with van der Waals surface area (Å²) in [6.07, 6.45) is 0.374. The van der Waals surface area contributed by atoms with Crippen LogP contribution in [0, 0.1) is 18.3 Å². The minimum absolute atomic E-state index is 0.0404. The highest BCUT2D eigenvalue weighted by Gasteiger charge is 2.13. The van der Waals surface area contributed by atoms with Crippen LogP contribution in [-0.2, 0) is 4.79 Å². The van der Waals surface area contributed by atoms with Crippen LogP contribution in [0.2, 0.25) is 0 Å². The van der Waals surface area contributed by atoms with Gasteiger partial charge in [-0.1, -0.05) is 12.1 Å². The summed E-state index contributed by atoms with van der Waals surface area (Å²) in [6, 6.07) is 10.2. The van der Waals surface area contributed by atoms with E-state index in [1.165, 1.54) is 5.56 Å². The maximum Gasteiger partial charge on any atom is 0.241 e. The fraction of sp³-hybridized carbons (Fsp3) is 0.467. The van der Waals surface area contributed by atoms with Gasteiger partial charge in [0.15, 0.2) is 0 Å². The summed E-state index contributed by atoms with van der Waals surface area (Å²) >= 11 is 0. The Balaban J connectivity index is 2.67. The Bertz CT molecular complexity index is 465. The minimum Gasteiger partial charge on any atom is -0.362 e. The van der Waals surface area contributed by atoms with Gasteiger partial charge in [-0.15, -0.1) is 0 Å². The van der Waals surface area contributed by atoms with E-state index in [1.807, 2.05) is 36.9 Å². The summed E-state index contributed by atoms with van der Waals surface area (Å²) in [5.74, 6) is 0.0404. The third-order valence-corrected chi connectivity index (χ3v) is 3.06. The number of aryl methyl sites for hydroxylation is 1. The fourth-order valence-electron chi connectivity index (χ4n) is 1.84. The first-order valence-corrected chi connectivity index (χ1v) is 6.51. The average Bonchev–Trinajstić information content (AvgIpc) is 2.41. The number of carbonyl (C=O) groups excluding carboxylic acids is 1. The van der Waals surface area contributed by atoms with Crippen molar-refractivity contribution in [2.45, 2.75) is 20.3 Å². The van der Waals surface area contributed by atoms with Crippen LogP contribution in [0.1, 0.15) is 18.9 Å². The number of nitriles is 1. The maximum absolute atomic E-state index is 12.1. The van der Waals surface area contributed by atoms with Gasteiger partial charge in [0.05, 0.1) is 19.0 Å². The molecule has 0 atom stereocenters. The molecule has 0 aromatic heterocycles. The Labute approximate surface area is 115 Å². The first-order chi connectivity index (χ1) is 9.08. The molecular formula is C15H21N3O. The van der Waals surface area contributed by atoms with Crippen LogP contribution in [0.3, 0.4) is 0 Å². The van der Waals surface area contributed by atoms with E-state index in [0.717, 1.165) is 12.2 Å². The van der Waals surface area contributed by atoms with E-state index in [9.17, 15) is 4.79 Å². The summed E-state index contributed by atoms with van der Waals surface area (Å²) in [5.41, 5.74) is 2.24. The van der Waals surface area contributed by atoms with Crippen molar-refractivity contribution in [1.82, 2.24) is 4.90 Å². The van der Waals surface area contributed by atoms with Crippen LogP contribution >= 0.6 is 0 Å². The highest BCUT2D eigenvalue weighted by molar-refractivity contribution is 5.81. The van der Waals surface area contributed by atoms with Crippen molar-refractivity contribution in [1.29, 1.82) is 5.26 Å². The quantitative estimate of drug-likeness (QED) is 0.786. The number of carbonyl (C=O) groups is 1. The third kappa shape index (κ3) is 4.63. The molecule has 0 bridgehead atoms. The number of likely N-dealkylation sites (N-methyl/N-ethyl adjacent to an activating group) is 2. The van der Waals surface area contributed by atoms with Gasteiger partial charge in [-0.25, -0.2) is 0 Å². The lowest BCUT2D eigenvalue weighted by molar-refractivity contribution is -0.128. The molecule has 4 heteroatoms. The highest BCUT2D eigenvalue weighted by atomic mass is 16.2. The maximum atomic E-state index is 12.1. The van der Waals surface area contributed by atoms with Gasteiger partial charge in [0.2, 0.25) is 5.91 Å². The Kier molecular flexibility index (Phi) is 5.87. The molecule has 0 fully saturated rings. The van der Waals surface area contributed by atoms with Crippen LogP contribution in [0.4, 0.5) is 5.69 Å². The predicted octanol–water partition coefficient (Wildman–Crippen LogP) is 2.19. The normalized spacial score (nSPS) is 9.79. The van der Waals surface area contributed by atoms with Gasteiger partial charge >= 0.3 is 0 Å². The second-order valence-corrected chi connectivity index (χ2v) is 4.58. The summed E-state index contributed by atoms with van der Waals surface area (Å²) < 4.78 is 0. The average molecular weight is 259 g/mol. The molecule has 1 amide bonds. The van der Waals surface area contributed by atoms with E-state index < -0.39 is 0 Å². The second kappa shape index (κ2) is 7.42. The fourth-order valence-corrected chi connectivity index (χ4v) is 1.84. The Morgan fingerprint density at radius 2 is 2.16 bits per heavy atom. The summed E-state index contributed by atoms with van der Waals surface area (Å²) in [4.78, 5) is 15.7. The number of nitrogens with zero attached hydrogens (tertiary/aromatic N) is 3. The van der Waals surface area contributed by atoms with Crippen molar-refractivity contribution in [3.8, 4) is 6.07 Å². The molecule has 1 aromatic carbocycles. The minimum atomic E-state index is 0.0404. The number of rotatable bonds is 6. The van der Waals surface area contributed by atoms with Crippen LogP contribution in [-0.4, -0.2) is 37.5 Å². The summed E-state index contributed by atoms with van der Waals surface area (Å²) in [6.45, 7) is 5.69. The van der Waals surface area contributed by atoms with Crippen molar-refractivity contribution in [2.24, 2.45) is 0 Å². The molecule has 0 heterocycles. The van der Waals surface area contributed by atoms with Crippen LogP contribution in [0.15, 0.2) is 24.3 Å². The van der Waals surface area contributed by atoms with Crippen molar-refractivity contribution in [3.05, 3.63) is 29.8 Å². The molecule has 0 aliphatic heterocycles. The number of amides is 1. The molecule has 1 aromatic rings. The summed E-state index contributed by atoms with van der Waals surface area (Å²) in [7, 11) is 1.74. The van der Waals surface area contributed by atoms with Gasteiger partial charge in [-0.05, 0) is 31.5 Å². The lowest BCUT2D eigenvalue weighted by Gasteiger charge is -2.25. The zero-order chi connectivity index (χ0) is 14.3. The second-order valence-electron chi connectivity index (χ2n) is 4.58. The molecule has 0 aliphatic carbocycles. The Morgan fingerprint density at radius 3 is 2.74 bits per heavy atom. The van der Waals surface area contributed by atoms with Gasteiger partial charge in [-0.2, -0.15) is 5.26 Å². The molecule has 19 heavy (non-hydrogen) atoms. The van der Waals surface area contributed by atoms with Crippen molar-refractivity contribution < 1.29 is 4.79 Å². The molecular weight excluding hydrogens is 238 g/mol. The number of benzene rings is 1. The van der Waals surface area contributed by atoms with E-state index in [-0.39, 0.29) is 5.91 Å². The first-order valence-electron chi connectivity index (χ1n) is 6.51. The molecule has 0 saturated heterocycles. The number of anilines is 1. The molecule has 1 rings (SSSR count). The van der Waals surface area contributed by atoms with E-state index in [0.29, 0.717) is 19.5 Å². The first kappa shape index (κ1) is 15.0. The molecule has 0 radical (unpaired) electrons. The van der Waals surface area contributed by atoms with Gasteiger partial charge in [0, 0.05) is 25.8 Å².